The van der Waals surface area contributed by atoms with Crippen molar-refractivity contribution >= 4 is 5.78 Å². The van der Waals surface area contributed by atoms with Crippen LogP contribution in [-0.2, 0) is 0 Å². The van der Waals surface area contributed by atoms with Crippen LogP contribution in [0.1, 0.15) is 17.3 Å². The number of pyridine rings is 1. The van der Waals surface area contributed by atoms with Crippen LogP contribution in [0, 0.1) is 0 Å². The monoisotopic (exact) mass is 147 g/mol. The largest absolute Gasteiger partial charge is 0.289 e. The quantitative estimate of drug-likeness (QED) is 0.472. The molecule has 0 unspecified atom stereocenters. The molecule has 0 saturated heterocycles. The molecule has 0 spiro atoms. The first-order valence-corrected chi connectivity index (χ1v) is 3.41. The van der Waals surface area contributed by atoms with Crippen molar-refractivity contribution < 1.29 is 4.79 Å². The summed E-state index contributed by atoms with van der Waals surface area (Å²) >= 11 is 0. The minimum absolute atomic E-state index is 0.0231. The van der Waals surface area contributed by atoms with Gasteiger partial charge in [-0.15, -0.1) is 0 Å². The number of carbonyl (C=O) groups excluding carboxylic acids is 1. The van der Waals surface area contributed by atoms with E-state index >= 15 is 0 Å². The molecule has 0 bridgehead atoms. The lowest BCUT2D eigenvalue weighted by atomic mass is 10.2. The van der Waals surface area contributed by atoms with Crippen LogP contribution >= 0.6 is 0 Å². The topological polar surface area (TPSA) is 30.0 Å². The molecule has 0 amide bonds. The molecule has 11 heavy (non-hydrogen) atoms. The molecule has 0 radical (unpaired) electrons. The number of allylic oxidation sites excluding steroid dienone is 2. The molecule has 1 rings (SSSR count). The van der Waals surface area contributed by atoms with Crippen LogP contribution in [0.4, 0.5) is 0 Å². The van der Waals surface area contributed by atoms with E-state index in [0.717, 1.165) is 0 Å². The van der Waals surface area contributed by atoms with Crippen molar-refractivity contribution in [1.29, 1.82) is 0 Å². The van der Waals surface area contributed by atoms with Crippen molar-refractivity contribution in [2.75, 3.05) is 0 Å². The Bertz CT molecular complexity index is 264. The second-order valence-corrected chi connectivity index (χ2v) is 2.10. The van der Waals surface area contributed by atoms with E-state index in [-0.39, 0.29) is 5.78 Å². The SMILES string of the molecule is CC=CC(=O)c1ccncc1. The fourth-order valence-electron chi connectivity index (χ4n) is 0.764. The summed E-state index contributed by atoms with van der Waals surface area (Å²) in [6, 6.07) is 3.39. The number of nitrogens with zero attached hydrogens (tertiary/aromatic N) is 1. The van der Waals surface area contributed by atoms with E-state index in [1.165, 1.54) is 6.08 Å². The Hall–Kier alpha value is -1.44. The van der Waals surface area contributed by atoms with Gasteiger partial charge in [0.1, 0.15) is 0 Å². The summed E-state index contributed by atoms with van der Waals surface area (Å²) < 4.78 is 0. The molecule has 0 aliphatic heterocycles. The smallest absolute Gasteiger partial charge is 0.185 e. The van der Waals surface area contributed by atoms with E-state index in [1.807, 2.05) is 6.92 Å². The van der Waals surface area contributed by atoms with Gasteiger partial charge in [0.05, 0.1) is 0 Å². The van der Waals surface area contributed by atoms with Crippen LogP contribution in [0.15, 0.2) is 36.7 Å². The second-order valence-electron chi connectivity index (χ2n) is 2.10. The molecule has 2 heteroatoms. The normalized spacial score (nSPS) is 10.3. The first-order chi connectivity index (χ1) is 5.34. The molecule has 56 valence electrons. The fourth-order valence-corrected chi connectivity index (χ4v) is 0.764. The number of hydrogen-bond acceptors (Lipinski definition) is 2. The van der Waals surface area contributed by atoms with Crippen LogP contribution in [0.2, 0.25) is 0 Å². The summed E-state index contributed by atoms with van der Waals surface area (Å²) in [4.78, 5) is 14.9. The summed E-state index contributed by atoms with van der Waals surface area (Å²) in [6.07, 6.45) is 6.48. The summed E-state index contributed by atoms with van der Waals surface area (Å²) in [6.45, 7) is 1.82. The van der Waals surface area contributed by atoms with Gasteiger partial charge in [0, 0.05) is 18.0 Å². The van der Waals surface area contributed by atoms with Crippen molar-refractivity contribution in [3.63, 3.8) is 0 Å². The van der Waals surface area contributed by atoms with Crippen molar-refractivity contribution in [3.8, 4) is 0 Å². The molecule has 1 heterocycles. The maximum Gasteiger partial charge on any atom is 0.185 e. The summed E-state index contributed by atoms with van der Waals surface area (Å²) in [5.41, 5.74) is 0.679. The van der Waals surface area contributed by atoms with Gasteiger partial charge in [-0.25, -0.2) is 0 Å². The van der Waals surface area contributed by atoms with Crippen LogP contribution < -0.4 is 0 Å². The highest BCUT2D eigenvalue weighted by Crippen LogP contribution is 1.98. The zero-order valence-electron chi connectivity index (χ0n) is 6.32. The minimum atomic E-state index is 0.0231. The first kappa shape index (κ1) is 7.66. The van der Waals surface area contributed by atoms with E-state index in [1.54, 1.807) is 30.6 Å². The van der Waals surface area contributed by atoms with Gasteiger partial charge < -0.3 is 0 Å². The molecule has 0 aromatic carbocycles. The molecule has 2 nitrogen and oxygen atoms in total. The molecule has 0 fully saturated rings. The van der Waals surface area contributed by atoms with Gasteiger partial charge in [-0.1, -0.05) is 6.08 Å². The standard InChI is InChI=1S/C9H9NO/c1-2-3-9(11)8-4-6-10-7-5-8/h2-7H,1H3. The number of ketones is 1. The van der Waals surface area contributed by atoms with E-state index in [0.29, 0.717) is 5.56 Å². The highest BCUT2D eigenvalue weighted by atomic mass is 16.1. The maximum atomic E-state index is 11.1. The number of aromatic nitrogens is 1. The average molecular weight is 147 g/mol. The lowest BCUT2D eigenvalue weighted by molar-refractivity contribution is 0.104. The van der Waals surface area contributed by atoms with E-state index in [9.17, 15) is 4.79 Å². The number of rotatable bonds is 2. The molecule has 1 aromatic rings. The van der Waals surface area contributed by atoms with Gasteiger partial charge in [0.25, 0.3) is 0 Å². The Labute approximate surface area is 65.6 Å². The zero-order chi connectivity index (χ0) is 8.10. The minimum Gasteiger partial charge on any atom is -0.289 e. The number of carbonyl (C=O) groups is 1. The summed E-state index contributed by atoms with van der Waals surface area (Å²) in [5.74, 6) is 0.0231. The summed E-state index contributed by atoms with van der Waals surface area (Å²) in [5, 5.41) is 0. The lowest BCUT2D eigenvalue weighted by Crippen LogP contribution is -1.92. The fraction of sp³-hybridized carbons (Fsp3) is 0.111. The molecule has 0 aliphatic carbocycles. The molecule has 1 aromatic heterocycles. The Morgan fingerprint density at radius 2 is 2.09 bits per heavy atom. The van der Waals surface area contributed by atoms with E-state index < -0.39 is 0 Å². The van der Waals surface area contributed by atoms with Crippen LogP contribution in [0.3, 0.4) is 0 Å². The molecular formula is C9H9NO. The van der Waals surface area contributed by atoms with Gasteiger partial charge in [-0.2, -0.15) is 0 Å². The van der Waals surface area contributed by atoms with Crippen molar-refractivity contribution in [2.45, 2.75) is 6.92 Å². The number of hydrogen-bond donors (Lipinski definition) is 0. The Morgan fingerprint density at radius 1 is 1.45 bits per heavy atom. The van der Waals surface area contributed by atoms with Crippen LogP contribution in [0.25, 0.3) is 0 Å². The van der Waals surface area contributed by atoms with E-state index in [4.69, 9.17) is 0 Å². The predicted molar refractivity (Wildman–Crippen MR) is 43.4 cm³/mol. The average Bonchev–Trinajstić information content (AvgIpc) is 2.07. The maximum absolute atomic E-state index is 11.1. The van der Waals surface area contributed by atoms with Crippen molar-refractivity contribution in [2.24, 2.45) is 0 Å². The molecule has 0 aliphatic rings. The first-order valence-electron chi connectivity index (χ1n) is 3.41. The zero-order valence-corrected chi connectivity index (χ0v) is 6.32. The Balaban J connectivity index is 2.86. The van der Waals surface area contributed by atoms with Crippen LogP contribution in [-0.4, -0.2) is 10.8 Å². The van der Waals surface area contributed by atoms with Crippen LogP contribution in [0.5, 0.6) is 0 Å². The molecule has 0 saturated carbocycles. The van der Waals surface area contributed by atoms with Gasteiger partial charge in [0.2, 0.25) is 0 Å². The third kappa shape index (κ3) is 2.00. The Kier molecular flexibility index (Phi) is 2.55. The highest BCUT2D eigenvalue weighted by Gasteiger charge is 1.97. The summed E-state index contributed by atoms with van der Waals surface area (Å²) in [7, 11) is 0. The van der Waals surface area contributed by atoms with Crippen molar-refractivity contribution in [3.05, 3.63) is 42.2 Å². The third-order valence-corrected chi connectivity index (χ3v) is 1.28. The molecular weight excluding hydrogens is 138 g/mol. The predicted octanol–water partition coefficient (Wildman–Crippen LogP) is 1.84. The highest BCUT2D eigenvalue weighted by molar-refractivity contribution is 6.04. The second kappa shape index (κ2) is 3.66. The lowest BCUT2D eigenvalue weighted by Gasteiger charge is -1.91. The van der Waals surface area contributed by atoms with Crippen molar-refractivity contribution in [1.82, 2.24) is 4.98 Å². The van der Waals surface area contributed by atoms with Gasteiger partial charge in [-0.3, -0.25) is 9.78 Å². The molecule has 0 N–H and O–H groups in total. The van der Waals surface area contributed by atoms with Gasteiger partial charge in [-0.05, 0) is 25.1 Å². The Morgan fingerprint density at radius 3 is 2.64 bits per heavy atom. The molecule has 0 atom stereocenters. The van der Waals surface area contributed by atoms with E-state index in [2.05, 4.69) is 4.98 Å². The van der Waals surface area contributed by atoms with Gasteiger partial charge in [0.15, 0.2) is 5.78 Å². The third-order valence-electron chi connectivity index (χ3n) is 1.28. The van der Waals surface area contributed by atoms with Gasteiger partial charge >= 0.3 is 0 Å².